The van der Waals surface area contributed by atoms with Gasteiger partial charge in [0.2, 0.25) is 5.91 Å². The van der Waals surface area contributed by atoms with Gasteiger partial charge in [0, 0.05) is 0 Å². The fourth-order valence-electron chi connectivity index (χ4n) is 4.22. The van der Waals surface area contributed by atoms with Gasteiger partial charge in [-0.1, -0.05) is 48.5 Å². The molecule has 0 aliphatic heterocycles. The molecule has 1 aliphatic rings. The van der Waals surface area contributed by atoms with E-state index in [0.717, 1.165) is 47.5 Å². The van der Waals surface area contributed by atoms with E-state index in [2.05, 4.69) is 23.5 Å². The lowest BCUT2D eigenvalue weighted by atomic mass is 9.82. The van der Waals surface area contributed by atoms with Gasteiger partial charge in [-0.3, -0.25) is 4.79 Å². The van der Waals surface area contributed by atoms with Crippen LogP contribution in [0.1, 0.15) is 47.1 Å². The molecule has 0 spiro atoms. The zero-order chi connectivity index (χ0) is 20.9. The molecule has 0 saturated carbocycles. The number of hydrogen-bond donors (Lipinski definition) is 1. The predicted octanol–water partition coefficient (Wildman–Crippen LogP) is 5.03. The number of carbonyl (C=O) groups excluding carboxylic acids is 1. The highest BCUT2D eigenvalue weighted by molar-refractivity contribution is 5.85. The van der Waals surface area contributed by atoms with E-state index in [-0.39, 0.29) is 17.9 Å². The van der Waals surface area contributed by atoms with E-state index in [1.807, 2.05) is 54.6 Å². The SMILES string of the molecule is COc1ccc(C(NC(=O)C2CCCc3ccccc32)c2ccc(OC)cc2)cc1. The molecule has 1 aliphatic carbocycles. The molecule has 0 saturated heterocycles. The van der Waals surface area contributed by atoms with Crippen LogP contribution in [0.4, 0.5) is 0 Å². The van der Waals surface area contributed by atoms with Crippen molar-refractivity contribution in [1.82, 2.24) is 5.32 Å². The second-order valence-corrected chi connectivity index (χ2v) is 7.63. The Balaban J connectivity index is 1.64. The number of rotatable bonds is 6. The van der Waals surface area contributed by atoms with E-state index in [9.17, 15) is 4.79 Å². The van der Waals surface area contributed by atoms with Crippen LogP contribution in [0.3, 0.4) is 0 Å². The van der Waals surface area contributed by atoms with Crippen molar-refractivity contribution in [2.45, 2.75) is 31.2 Å². The van der Waals surface area contributed by atoms with Crippen molar-refractivity contribution >= 4 is 5.91 Å². The summed E-state index contributed by atoms with van der Waals surface area (Å²) in [7, 11) is 3.30. The lowest BCUT2D eigenvalue weighted by Crippen LogP contribution is -2.35. The number of amides is 1. The Labute approximate surface area is 177 Å². The highest BCUT2D eigenvalue weighted by atomic mass is 16.5. The van der Waals surface area contributed by atoms with Crippen LogP contribution in [-0.4, -0.2) is 20.1 Å². The average molecular weight is 402 g/mol. The normalized spacial score (nSPS) is 15.4. The first kappa shape index (κ1) is 20.0. The first-order valence-electron chi connectivity index (χ1n) is 10.4. The van der Waals surface area contributed by atoms with Gasteiger partial charge in [-0.05, 0) is 65.8 Å². The fraction of sp³-hybridized carbons (Fsp3) is 0.269. The smallest absolute Gasteiger partial charge is 0.228 e. The molecule has 154 valence electrons. The van der Waals surface area contributed by atoms with Crippen LogP contribution >= 0.6 is 0 Å². The second-order valence-electron chi connectivity index (χ2n) is 7.63. The van der Waals surface area contributed by atoms with Crippen molar-refractivity contribution in [1.29, 1.82) is 0 Å². The van der Waals surface area contributed by atoms with Crippen LogP contribution in [0.5, 0.6) is 11.5 Å². The Morgan fingerprint density at radius 3 is 2.00 bits per heavy atom. The van der Waals surface area contributed by atoms with Crippen LogP contribution in [0.2, 0.25) is 0 Å². The summed E-state index contributed by atoms with van der Waals surface area (Å²) in [4.78, 5) is 13.4. The fourth-order valence-corrected chi connectivity index (χ4v) is 4.22. The molecule has 1 atom stereocenters. The number of aryl methyl sites for hydroxylation is 1. The molecular formula is C26H27NO3. The molecule has 3 aromatic rings. The van der Waals surface area contributed by atoms with Crippen LogP contribution in [0, 0.1) is 0 Å². The van der Waals surface area contributed by atoms with Gasteiger partial charge < -0.3 is 14.8 Å². The summed E-state index contributed by atoms with van der Waals surface area (Å²) in [5.41, 5.74) is 4.47. The van der Waals surface area contributed by atoms with Crippen LogP contribution < -0.4 is 14.8 Å². The van der Waals surface area contributed by atoms with Crippen molar-refractivity contribution < 1.29 is 14.3 Å². The van der Waals surface area contributed by atoms with E-state index in [1.54, 1.807) is 14.2 Å². The first-order valence-corrected chi connectivity index (χ1v) is 10.4. The van der Waals surface area contributed by atoms with Crippen molar-refractivity contribution in [2.24, 2.45) is 0 Å². The standard InChI is InChI=1S/C26H27NO3/c1-29-21-14-10-19(11-15-21)25(20-12-16-22(30-2)17-13-20)27-26(28)24-9-5-7-18-6-3-4-8-23(18)24/h3-4,6,8,10-17,24-25H,5,7,9H2,1-2H3,(H,27,28). The molecule has 1 amide bonds. The highest BCUT2D eigenvalue weighted by Gasteiger charge is 2.28. The number of fused-ring (bicyclic) bond motifs is 1. The molecular weight excluding hydrogens is 374 g/mol. The molecule has 4 rings (SSSR count). The third kappa shape index (κ3) is 4.18. The van der Waals surface area contributed by atoms with Crippen LogP contribution in [-0.2, 0) is 11.2 Å². The Hall–Kier alpha value is -3.27. The van der Waals surface area contributed by atoms with Crippen molar-refractivity contribution in [2.75, 3.05) is 14.2 Å². The molecule has 1 N–H and O–H groups in total. The molecule has 0 fully saturated rings. The Morgan fingerprint density at radius 2 is 1.43 bits per heavy atom. The summed E-state index contributed by atoms with van der Waals surface area (Å²) in [5, 5.41) is 3.31. The molecule has 0 aromatic heterocycles. The number of methoxy groups -OCH3 is 2. The topological polar surface area (TPSA) is 47.6 Å². The lowest BCUT2D eigenvalue weighted by molar-refractivity contribution is -0.123. The van der Waals surface area contributed by atoms with E-state index in [1.165, 1.54) is 5.56 Å². The van der Waals surface area contributed by atoms with Gasteiger partial charge in [0.25, 0.3) is 0 Å². The van der Waals surface area contributed by atoms with Gasteiger partial charge in [-0.25, -0.2) is 0 Å². The number of hydrogen-bond acceptors (Lipinski definition) is 3. The van der Waals surface area contributed by atoms with E-state index in [0.29, 0.717) is 0 Å². The molecule has 0 bridgehead atoms. The minimum atomic E-state index is -0.247. The van der Waals surface area contributed by atoms with Crippen molar-refractivity contribution in [3.8, 4) is 11.5 Å². The van der Waals surface area contributed by atoms with Gasteiger partial charge >= 0.3 is 0 Å². The minimum absolute atomic E-state index is 0.0683. The summed E-state index contributed by atoms with van der Waals surface area (Å²) in [6.45, 7) is 0. The minimum Gasteiger partial charge on any atom is -0.497 e. The summed E-state index contributed by atoms with van der Waals surface area (Å²) in [6, 6.07) is 23.8. The van der Waals surface area contributed by atoms with Crippen LogP contribution in [0.15, 0.2) is 72.8 Å². The molecule has 4 nitrogen and oxygen atoms in total. The van der Waals surface area contributed by atoms with Gasteiger partial charge in [0.15, 0.2) is 0 Å². The molecule has 3 aromatic carbocycles. The third-order valence-corrected chi connectivity index (χ3v) is 5.87. The Morgan fingerprint density at radius 1 is 0.867 bits per heavy atom. The summed E-state index contributed by atoms with van der Waals surface area (Å²) in [5.74, 6) is 1.53. The maximum atomic E-state index is 13.4. The van der Waals surface area contributed by atoms with Crippen molar-refractivity contribution in [3.63, 3.8) is 0 Å². The first-order chi connectivity index (χ1) is 14.7. The summed E-state index contributed by atoms with van der Waals surface area (Å²) >= 11 is 0. The Kier molecular flexibility index (Phi) is 6.03. The van der Waals surface area contributed by atoms with E-state index < -0.39 is 0 Å². The lowest BCUT2D eigenvalue weighted by Gasteiger charge is -2.28. The zero-order valence-electron chi connectivity index (χ0n) is 17.4. The monoisotopic (exact) mass is 401 g/mol. The molecule has 0 radical (unpaired) electrons. The van der Waals surface area contributed by atoms with E-state index in [4.69, 9.17) is 9.47 Å². The van der Waals surface area contributed by atoms with E-state index >= 15 is 0 Å². The quantitative estimate of drug-likeness (QED) is 0.630. The predicted molar refractivity (Wildman–Crippen MR) is 118 cm³/mol. The van der Waals surface area contributed by atoms with Crippen molar-refractivity contribution in [3.05, 3.63) is 95.1 Å². The maximum Gasteiger partial charge on any atom is 0.228 e. The van der Waals surface area contributed by atoms with Gasteiger partial charge in [-0.2, -0.15) is 0 Å². The van der Waals surface area contributed by atoms with Crippen LogP contribution in [0.25, 0.3) is 0 Å². The molecule has 0 heterocycles. The summed E-state index contributed by atoms with van der Waals surface area (Å²) < 4.78 is 10.6. The van der Waals surface area contributed by atoms with Gasteiger partial charge in [0.1, 0.15) is 11.5 Å². The summed E-state index contributed by atoms with van der Waals surface area (Å²) in [6.07, 6.45) is 2.95. The zero-order valence-corrected chi connectivity index (χ0v) is 17.4. The number of carbonyl (C=O) groups is 1. The van der Waals surface area contributed by atoms with Gasteiger partial charge in [0.05, 0.1) is 26.2 Å². The average Bonchev–Trinajstić information content (AvgIpc) is 2.82. The largest absolute Gasteiger partial charge is 0.497 e. The Bertz CT molecular complexity index is 948. The molecule has 30 heavy (non-hydrogen) atoms. The number of nitrogens with one attached hydrogen (secondary N) is 1. The molecule has 1 unspecified atom stereocenters. The number of benzene rings is 3. The highest BCUT2D eigenvalue weighted by Crippen LogP contribution is 2.33. The number of ether oxygens (including phenoxy) is 2. The van der Waals surface area contributed by atoms with Gasteiger partial charge in [-0.15, -0.1) is 0 Å². The second kappa shape index (κ2) is 9.04. The molecule has 4 heteroatoms. The maximum absolute atomic E-state index is 13.4. The third-order valence-electron chi connectivity index (χ3n) is 5.87.